The fourth-order valence-corrected chi connectivity index (χ4v) is 3.37. The number of benzene rings is 3. The molecule has 0 unspecified atom stereocenters. The molecule has 34 heavy (non-hydrogen) atoms. The SMILES string of the molecule is Cc1ccc(C)c(Oc2ccc(NC(=O)CCCC(=O)OCC(=O)c3ccc(Br)cc3)cc2)c1. The maximum atomic E-state index is 12.2. The molecule has 3 aromatic rings. The Bertz CT molecular complexity index is 1160. The number of nitrogens with one attached hydrogen (secondary N) is 1. The number of aryl methyl sites for hydroxylation is 2. The lowest BCUT2D eigenvalue weighted by Crippen LogP contribution is -2.15. The third-order valence-electron chi connectivity index (χ3n) is 5.02. The van der Waals surface area contributed by atoms with E-state index in [-0.39, 0.29) is 31.1 Å². The van der Waals surface area contributed by atoms with E-state index < -0.39 is 5.97 Å². The van der Waals surface area contributed by atoms with Crippen molar-refractivity contribution in [2.75, 3.05) is 11.9 Å². The Morgan fingerprint density at radius 1 is 0.882 bits per heavy atom. The number of anilines is 1. The molecule has 0 atom stereocenters. The van der Waals surface area contributed by atoms with Crippen molar-refractivity contribution in [1.29, 1.82) is 0 Å². The Balaban J connectivity index is 1.37. The Kier molecular flexibility index (Phi) is 8.99. The van der Waals surface area contributed by atoms with Crippen LogP contribution in [0.5, 0.6) is 11.5 Å². The summed E-state index contributed by atoms with van der Waals surface area (Å²) in [6, 6.07) is 19.9. The van der Waals surface area contributed by atoms with Gasteiger partial charge in [-0.15, -0.1) is 0 Å². The van der Waals surface area contributed by atoms with Gasteiger partial charge >= 0.3 is 5.97 Å². The molecule has 0 saturated carbocycles. The molecule has 3 rings (SSSR count). The van der Waals surface area contributed by atoms with Gasteiger partial charge in [-0.05, 0) is 73.9 Å². The Hall–Kier alpha value is -3.45. The predicted molar refractivity (Wildman–Crippen MR) is 134 cm³/mol. The number of carbonyl (C=O) groups excluding carboxylic acids is 3. The van der Waals surface area contributed by atoms with E-state index in [4.69, 9.17) is 9.47 Å². The van der Waals surface area contributed by atoms with Crippen molar-refractivity contribution >= 4 is 39.3 Å². The molecule has 0 aromatic heterocycles. The highest BCUT2D eigenvalue weighted by molar-refractivity contribution is 9.10. The van der Waals surface area contributed by atoms with E-state index in [2.05, 4.69) is 21.2 Å². The summed E-state index contributed by atoms with van der Waals surface area (Å²) >= 11 is 3.30. The van der Waals surface area contributed by atoms with Crippen molar-refractivity contribution in [1.82, 2.24) is 0 Å². The van der Waals surface area contributed by atoms with Gasteiger partial charge in [0.2, 0.25) is 5.91 Å². The van der Waals surface area contributed by atoms with Gasteiger partial charge in [0.15, 0.2) is 12.4 Å². The van der Waals surface area contributed by atoms with E-state index >= 15 is 0 Å². The lowest BCUT2D eigenvalue weighted by atomic mass is 10.1. The van der Waals surface area contributed by atoms with Gasteiger partial charge in [-0.1, -0.05) is 40.2 Å². The van der Waals surface area contributed by atoms with Crippen LogP contribution in [0.15, 0.2) is 71.2 Å². The van der Waals surface area contributed by atoms with Crippen LogP contribution in [0.3, 0.4) is 0 Å². The maximum absolute atomic E-state index is 12.2. The zero-order valence-corrected chi connectivity index (χ0v) is 20.7. The van der Waals surface area contributed by atoms with Gasteiger partial charge in [-0.25, -0.2) is 0 Å². The Morgan fingerprint density at radius 2 is 1.59 bits per heavy atom. The van der Waals surface area contributed by atoms with Crippen molar-refractivity contribution < 1.29 is 23.9 Å². The minimum absolute atomic E-state index is 0.0592. The first-order valence-corrected chi connectivity index (χ1v) is 11.7. The molecule has 176 valence electrons. The lowest BCUT2D eigenvalue weighted by molar-refractivity contribution is -0.142. The van der Waals surface area contributed by atoms with E-state index in [1.807, 2.05) is 32.0 Å². The summed E-state index contributed by atoms with van der Waals surface area (Å²) in [5.41, 5.74) is 3.27. The fourth-order valence-electron chi connectivity index (χ4n) is 3.10. The van der Waals surface area contributed by atoms with Crippen LogP contribution in [0.4, 0.5) is 5.69 Å². The number of amides is 1. The highest BCUT2D eigenvalue weighted by atomic mass is 79.9. The van der Waals surface area contributed by atoms with Gasteiger partial charge in [-0.2, -0.15) is 0 Å². The monoisotopic (exact) mass is 523 g/mol. The third kappa shape index (κ3) is 7.85. The molecule has 0 aliphatic heterocycles. The normalized spacial score (nSPS) is 10.4. The van der Waals surface area contributed by atoms with Crippen molar-refractivity contribution in [3.05, 3.63) is 87.9 Å². The molecule has 0 spiro atoms. The van der Waals surface area contributed by atoms with Crippen LogP contribution in [0.1, 0.15) is 40.7 Å². The Morgan fingerprint density at radius 3 is 2.29 bits per heavy atom. The maximum Gasteiger partial charge on any atom is 0.306 e. The van der Waals surface area contributed by atoms with Gasteiger partial charge in [-0.3, -0.25) is 14.4 Å². The molecule has 0 bridgehead atoms. The number of carbonyl (C=O) groups is 3. The number of ether oxygens (including phenoxy) is 2. The van der Waals surface area contributed by atoms with Gasteiger partial charge in [0.25, 0.3) is 0 Å². The molecule has 6 nitrogen and oxygen atoms in total. The summed E-state index contributed by atoms with van der Waals surface area (Å²) in [5.74, 6) is 0.478. The second-order valence-electron chi connectivity index (χ2n) is 7.89. The summed E-state index contributed by atoms with van der Waals surface area (Å²) in [5, 5.41) is 2.80. The second kappa shape index (κ2) is 12.1. The second-order valence-corrected chi connectivity index (χ2v) is 8.80. The van der Waals surface area contributed by atoms with Crippen LogP contribution in [0, 0.1) is 13.8 Å². The van der Waals surface area contributed by atoms with Crippen LogP contribution >= 0.6 is 15.9 Å². The van der Waals surface area contributed by atoms with Gasteiger partial charge in [0, 0.05) is 28.6 Å². The Labute approximate surface area is 207 Å². The molecule has 0 aliphatic rings. The number of rotatable bonds is 10. The number of ketones is 1. The summed E-state index contributed by atoms with van der Waals surface area (Å²) in [7, 11) is 0. The molecule has 0 heterocycles. The molecule has 1 amide bonds. The molecule has 1 N–H and O–H groups in total. The molecule has 0 saturated heterocycles. The van der Waals surface area contributed by atoms with Gasteiger partial charge in [0.05, 0.1) is 0 Å². The average Bonchev–Trinajstić information content (AvgIpc) is 2.81. The molecule has 0 fully saturated rings. The van der Waals surface area contributed by atoms with Gasteiger partial charge in [0.1, 0.15) is 11.5 Å². The van der Waals surface area contributed by atoms with Crippen LogP contribution in [0.2, 0.25) is 0 Å². The highest BCUT2D eigenvalue weighted by Gasteiger charge is 2.11. The molecule has 0 aliphatic carbocycles. The van der Waals surface area contributed by atoms with Crippen molar-refractivity contribution in [2.45, 2.75) is 33.1 Å². The highest BCUT2D eigenvalue weighted by Crippen LogP contribution is 2.27. The van der Waals surface area contributed by atoms with Crippen molar-refractivity contribution in [3.8, 4) is 11.5 Å². The summed E-state index contributed by atoms with van der Waals surface area (Å²) in [6.07, 6.45) is 0.547. The van der Waals surface area contributed by atoms with Gasteiger partial charge < -0.3 is 14.8 Å². The standard InChI is InChI=1S/C27H26BrNO5/c1-18-6-7-19(2)25(16-18)34-23-14-12-22(13-15-23)29-26(31)4-3-5-27(32)33-17-24(30)20-8-10-21(28)11-9-20/h6-16H,3-5,17H2,1-2H3,(H,29,31). The van der Waals surface area contributed by atoms with Crippen LogP contribution in [-0.2, 0) is 14.3 Å². The number of hydrogen-bond donors (Lipinski definition) is 1. The fraction of sp³-hybridized carbons (Fsp3) is 0.222. The molecular formula is C27H26BrNO5. The number of esters is 1. The zero-order chi connectivity index (χ0) is 24.5. The quantitative estimate of drug-likeness (QED) is 0.246. The smallest absolute Gasteiger partial charge is 0.306 e. The first-order valence-electron chi connectivity index (χ1n) is 10.9. The molecule has 7 heteroatoms. The number of halogens is 1. The van der Waals surface area contributed by atoms with Crippen LogP contribution < -0.4 is 10.1 Å². The molecule has 3 aromatic carbocycles. The number of hydrogen-bond acceptors (Lipinski definition) is 5. The van der Waals surface area contributed by atoms with E-state index in [9.17, 15) is 14.4 Å². The van der Waals surface area contributed by atoms with Crippen molar-refractivity contribution in [2.24, 2.45) is 0 Å². The third-order valence-corrected chi connectivity index (χ3v) is 5.55. The van der Waals surface area contributed by atoms with E-state index in [1.54, 1.807) is 48.5 Å². The summed E-state index contributed by atoms with van der Waals surface area (Å²) in [4.78, 5) is 36.1. The zero-order valence-electron chi connectivity index (χ0n) is 19.1. The summed E-state index contributed by atoms with van der Waals surface area (Å²) in [6.45, 7) is 3.68. The van der Waals surface area contributed by atoms with E-state index in [1.165, 1.54) is 0 Å². The van der Waals surface area contributed by atoms with E-state index in [0.29, 0.717) is 23.4 Å². The van der Waals surface area contributed by atoms with Crippen molar-refractivity contribution in [3.63, 3.8) is 0 Å². The molecule has 0 radical (unpaired) electrons. The molecular weight excluding hydrogens is 498 g/mol. The predicted octanol–water partition coefficient (Wildman–Crippen LogP) is 6.39. The largest absolute Gasteiger partial charge is 0.457 e. The summed E-state index contributed by atoms with van der Waals surface area (Å²) < 4.78 is 11.8. The van der Waals surface area contributed by atoms with Crippen LogP contribution in [0.25, 0.3) is 0 Å². The topological polar surface area (TPSA) is 81.7 Å². The lowest BCUT2D eigenvalue weighted by Gasteiger charge is -2.11. The average molecular weight is 524 g/mol. The number of Topliss-reactive ketones (excluding diaryl/α,β-unsaturated/α-hetero) is 1. The minimum atomic E-state index is -0.508. The van der Waals surface area contributed by atoms with Crippen LogP contribution in [-0.4, -0.2) is 24.3 Å². The minimum Gasteiger partial charge on any atom is -0.457 e. The first-order chi connectivity index (χ1) is 16.3. The van der Waals surface area contributed by atoms with E-state index in [0.717, 1.165) is 21.3 Å². The first kappa shape index (κ1) is 25.2.